The number of ketones is 1. The first-order chi connectivity index (χ1) is 14.1. The number of halogens is 1. The Morgan fingerprint density at radius 2 is 1.79 bits per heavy atom. The van der Waals surface area contributed by atoms with Crippen molar-refractivity contribution in [3.05, 3.63) is 58.6 Å². The number of fused-ring (bicyclic) bond motifs is 5. The summed E-state index contributed by atoms with van der Waals surface area (Å²) in [5.74, 6) is 0.706. The number of hydrogen-bond acceptors (Lipinski definition) is 5. The second kappa shape index (κ2) is 7.41. The van der Waals surface area contributed by atoms with Gasteiger partial charge in [-0.1, -0.05) is 35.9 Å². The minimum atomic E-state index is 0.0343. The molecule has 0 bridgehead atoms. The highest BCUT2D eigenvalue weighted by Gasteiger charge is 2.32. The molecule has 0 atom stereocenters. The van der Waals surface area contributed by atoms with Crippen molar-refractivity contribution in [1.82, 2.24) is 14.8 Å². The van der Waals surface area contributed by atoms with Gasteiger partial charge in [-0.25, -0.2) is 4.98 Å². The predicted octanol–water partition coefficient (Wildman–Crippen LogP) is 3.76. The lowest BCUT2D eigenvalue weighted by molar-refractivity contribution is 0.104. The van der Waals surface area contributed by atoms with Crippen LogP contribution in [0.25, 0.3) is 22.0 Å². The third kappa shape index (κ3) is 3.29. The van der Waals surface area contributed by atoms with E-state index in [4.69, 9.17) is 16.6 Å². The van der Waals surface area contributed by atoms with Crippen molar-refractivity contribution in [3.63, 3.8) is 0 Å². The summed E-state index contributed by atoms with van der Waals surface area (Å²) in [5.41, 5.74) is 4.16. The zero-order valence-electron chi connectivity index (χ0n) is 16.4. The highest BCUT2D eigenvalue weighted by atomic mass is 35.5. The monoisotopic (exact) mass is 406 g/mol. The third-order valence-electron chi connectivity index (χ3n) is 5.93. The molecule has 5 nitrogen and oxygen atoms in total. The number of nitrogens with one attached hydrogen (secondary N) is 1. The minimum absolute atomic E-state index is 0.0343. The first-order valence-electron chi connectivity index (χ1n) is 10.0. The van der Waals surface area contributed by atoms with Gasteiger partial charge in [0.05, 0.1) is 11.1 Å². The molecular formula is C23H23ClN4O. The second-order valence-corrected chi connectivity index (χ2v) is 8.25. The van der Waals surface area contributed by atoms with E-state index in [1.165, 1.54) is 0 Å². The van der Waals surface area contributed by atoms with Crippen LogP contribution in [-0.4, -0.2) is 66.9 Å². The quantitative estimate of drug-likeness (QED) is 0.559. The normalized spacial score (nSPS) is 16.8. The Morgan fingerprint density at radius 1 is 1.03 bits per heavy atom. The molecule has 3 aromatic rings. The van der Waals surface area contributed by atoms with Crippen LogP contribution in [0.5, 0.6) is 0 Å². The van der Waals surface area contributed by atoms with Crippen LogP contribution >= 0.6 is 11.6 Å². The lowest BCUT2D eigenvalue weighted by atomic mass is 10.0. The molecule has 2 aliphatic rings. The van der Waals surface area contributed by atoms with Gasteiger partial charge in [-0.15, -0.1) is 0 Å². The van der Waals surface area contributed by atoms with Gasteiger partial charge in [-0.3, -0.25) is 9.69 Å². The van der Waals surface area contributed by atoms with E-state index in [-0.39, 0.29) is 5.78 Å². The number of piperazine rings is 1. The maximum Gasteiger partial charge on any atom is 0.198 e. The fourth-order valence-electron chi connectivity index (χ4n) is 4.30. The van der Waals surface area contributed by atoms with E-state index in [2.05, 4.69) is 22.2 Å². The smallest absolute Gasteiger partial charge is 0.198 e. The first kappa shape index (κ1) is 18.6. The van der Waals surface area contributed by atoms with Crippen LogP contribution in [0, 0.1) is 0 Å². The molecule has 1 aromatic heterocycles. The van der Waals surface area contributed by atoms with Crippen molar-refractivity contribution in [1.29, 1.82) is 0 Å². The summed E-state index contributed by atoms with van der Waals surface area (Å²) >= 11 is 6.27. The van der Waals surface area contributed by atoms with Crippen molar-refractivity contribution in [3.8, 4) is 11.1 Å². The van der Waals surface area contributed by atoms with Crippen LogP contribution in [-0.2, 0) is 0 Å². The summed E-state index contributed by atoms with van der Waals surface area (Å²) in [6.07, 6.45) is 0. The van der Waals surface area contributed by atoms with Gasteiger partial charge >= 0.3 is 0 Å². The number of aromatic nitrogens is 1. The lowest BCUT2D eigenvalue weighted by Gasteiger charge is -2.32. The summed E-state index contributed by atoms with van der Waals surface area (Å²) in [4.78, 5) is 22.8. The van der Waals surface area contributed by atoms with Crippen LogP contribution in [0.2, 0.25) is 5.02 Å². The van der Waals surface area contributed by atoms with Crippen molar-refractivity contribution in [2.24, 2.45) is 0 Å². The van der Waals surface area contributed by atoms with E-state index in [9.17, 15) is 4.79 Å². The van der Waals surface area contributed by atoms with Gasteiger partial charge in [0.25, 0.3) is 0 Å². The molecular weight excluding hydrogens is 384 g/mol. The molecule has 29 heavy (non-hydrogen) atoms. The number of likely N-dealkylation sites (N-methyl/N-ethyl adjacent to an activating group) is 1. The summed E-state index contributed by atoms with van der Waals surface area (Å²) < 4.78 is 0. The van der Waals surface area contributed by atoms with Crippen LogP contribution in [0.1, 0.15) is 15.9 Å². The average molecular weight is 407 g/mol. The standard InChI is InChI=1S/C23H23ClN4O/c1-27-10-12-28(13-11-27)9-8-25-23-21-20(16-4-2-3-5-17(16)22(21)29)18-14-15(24)6-7-19(18)26-23/h2-7,14H,8-13H2,1H3,(H,25,26). The highest BCUT2D eigenvalue weighted by molar-refractivity contribution is 6.32. The summed E-state index contributed by atoms with van der Waals surface area (Å²) in [6, 6.07) is 13.5. The number of nitrogens with zero attached hydrogens (tertiary/aromatic N) is 3. The molecule has 2 heterocycles. The van der Waals surface area contributed by atoms with Crippen LogP contribution in [0.15, 0.2) is 42.5 Å². The molecule has 0 unspecified atom stereocenters. The van der Waals surface area contributed by atoms with Gasteiger partial charge in [0, 0.05) is 60.8 Å². The molecule has 6 heteroatoms. The number of pyridine rings is 1. The van der Waals surface area contributed by atoms with E-state index in [0.29, 0.717) is 16.4 Å². The van der Waals surface area contributed by atoms with Crippen molar-refractivity contribution >= 4 is 34.1 Å². The Morgan fingerprint density at radius 3 is 2.59 bits per heavy atom. The van der Waals surface area contributed by atoms with E-state index in [1.54, 1.807) is 0 Å². The number of anilines is 1. The van der Waals surface area contributed by atoms with Crippen LogP contribution in [0.3, 0.4) is 0 Å². The lowest BCUT2D eigenvalue weighted by Crippen LogP contribution is -2.45. The van der Waals surface area contributed by atoms with Gasteiger partial charge in [0.2, 0.25) is 0 Å². The summed E-state index contributed by atoms with van der Waals surface area (Å²) in [6.45, 7) is 6.03. The first-order valence-corrected chi connectivity index (χ1v) is 10.4. The minimum Gasteiger partial charge on any atom is -0.368 e. The molecule has 1 fully saturated rings. The number of rotatable bonds is 4. The van der Waals surface area contributed by atoms with Crippen molar-refractivity contribution in [2.45, 2.75) is 0 Å². The number of carbonyl (C=O) groups excluding carboxylic acids is 1. The molecule has 1 saturated heterocycles. The Bertz CT molecular complexity index is 1110. The molecule has 0 saturated carbocycles. The Labute approximate surface area is 175 Å². The molecule has 0 spiro atoms. The largest absolute Gasteiger partial charge is 0.368 e. The van der Waals surface area contributed by atoms with E-state index >= 15 is 0 Å². The van der Waals surface area contributed by atoms with Crippen molar-refractivity contribution in [2.75, 3.05) is 51.6 Å². The van der Waals surface area contributed by atoms with Gasteiger partial charge in [0.1, 0.15) is 5.82 Å². The highest BCUT2D eigenvalue weighted by Crippen LogP contribution is 2.44. The zero-order chi connectivity index (χ0) is 20.0. The fraction of sp³-hybridized carbons (Fsp3) is 0.304. The van der Waals surface area contributed by atoms with E-state index < -0.39 is 0 Å². The molecule has 1 aliphatic heterocycles. The molecule has 2 aromatic carbocycles. The maximum absolute atomic E-state index is 13.2. The summed E-state index contributed by atoms with van der Waals surface area (Å²) in [5, 5.41) is 5.03. The molecule has 0 amide bonds. The topological polar surface area (TPSA) is 48.5 Å². The maximum atomic E-state index is 13.2. The van der Waals surface area contributed by atoms with Gasteiger partial charge in [0.15, 0.2) is 5.78 Å². The summed E-state index contributed by atoms with van der Waals surface area (Å²) in [7, 11) is 2.16. The predicted molar refractivity (Wildman–Crippen MR) is 118 cm³/mol. The SMILES string of the molecule is CN1CCN(CCNc2nc3ccc(Cl)cc3c3c2C(=O)c2ccccc2-3)CC1. The fourth-order valence-corrected chi connectivity index (χ4v) is 4.47. The van der Waals surface area contributed by atoms with Gasteiger partial charge in [-0.05, 0) is 30.8 Å². The second-order valence-electron chi connectivity index (χ2n) is 7.82. The number of hydrogen-bond donors (Lipinski definition) is 1. The molecule has 0 radical (unpaired) electrons. The van der Waals surface area contributed by atoms with Gasteiger partial charge in [-0.2, -0.15) is 0 Å². The third-order valence-corrected chi connectivity index (χ3v) is 6.17. The molecule has 1 N–H and O–H groups in total. The number of carbonyl (C=O) groups is 1. The van der Waals surface area contributed by atoms with Crippen molar-refractivity contribution < 1.29 is 4.79 Å². The Balaban J connectivity index is 1.50. The Hall–Kier alpha value is -2.47. The van der Waals surface area contributed by atoms with Gasteiger partial charge < -0.3 is 10.2 Å². The molecule has 1 aliphatic carbocycles. The van der Waals surface area contributed by atoms with Crippen LogP contribution in [0.4, 0.5) is 5.82 Å². The van der Waals surface area contributed by atoms with Crippen LogP contribution < -0.4 is 5.32 Å². The van der Waals surface area contributed by atoms with E-state index in [0.717, 1.165) is 66.9 Å². The number of benzene rings is 2. The Kier molecular flexibility index (Phi) is 4.74. The zero-order valence-corrected chi connectivity index (χ0v) is 17.2. The van der Waals surface area contributed by atoms with E-state index in [1.807, 2.05) is 42.5 Å². The average Bonchev–Trinajstić information content (AvgIpc) is 3.03. The molecule has 148 valence electrons. The molecule has 5 rings (SSSR count).